The second-order valence-electron chi connectivity index (χ2n) is 4.24. The van der Waals surface area contributed by atoms with Crippen molar-refractivity contribution in [1.29, 1.82) is 0 Å². The lowest BCUT2D eigenvalue weighted by molar-refractivity contribution is 0.177. The van der Waals surface area contributed by atoms with Crippen LogP contribution in [0.5, 0.6) is 0 Å². The van der Waals surface area contributed by atoms with E-state index in [1.165, 1.54) is 0 Å². The molecule has 1 aromatic heterocycles. The van der Waals surface area contributed by atoms with Crippen LogP contribution in [-0.4, -0.2) is 10.1 Å². The Morgan fingerprint density at radius 2 is 2.00 bits per heavy atom. The summed E-state index contributed by atoms with van der Waals surface area (Å²) in [6, 6.07) is 9.89. The minimum Gasteiger partial charge on any atom is -0.388 e. The van der Waals surface area contributed by atoms with Gasteiger partial charge in [-0.05, 0) is 35.2 Å². The smallest absolute Gasteiger partial charge is 0.0834 e. The molecule has 0 saturated carbocycles. The summed E-state index contributed by atoms with van der Waals surface area (Å²) >= 11 is 3.51. The maximum atomic E-state index is 10.4. The zero-order valence-electron chi connectivity index (χ0n) is 10.3. The number of aliphatic hydroxyl groups excluding tert-OH is 1. The van der Waals surface area contributed by atoms with Gasteiger partial charge in [0.1, 0.15) is 0 Å². The number of halogens is 1. The Morgan fingerprint density at radius 3 is 2.72 bits per heavy atom. The van der Waals surface area contributed by atoms with Crippen LogP contribution in [-0.2, 0) is 12.8 Å². The van der Waals surface area contributed by atoms with E-state index in [1.807, 2.05) is 36.5 Å². The van der Waals surface area contributed by atoms with Crippen LogP contribution in [0.15, 0.2) is 47.2 Å². The second kappa shape index (κ2) is 6.12. The van der Waals surface area contributed by atoms with Gasteiger partial charge in [0.15, 0.2) is 0 Å². The van der Waals surface area contributed by atoms with Crippen molar-refractivity contribution < 1.29 is 5.11 Å². The van der Waals surface area contributed by atoms with Crippen molar-refractivity contribution in [3.8, 4) is 0 Å². The first-order valence-corrected chi connectivity index (χ1v) is 6.86. The van der Waals surface area contributed by atoms with Gasteiger partial charge < -0.3 is 5.11 Å². The van der Waals surface area contributed by atoms with Crippen LogP contribution in [0.4, 0.5) is 0 Å². The lowest BCUT2D eigenvalue weighted by atomic mass is 9.97. The first-order chi connectivity index (χ1) is 8.72. The summed E-state index contributed by atoms with van der Waals surface area (Å²) in [5.41, 5.74) is 3.20. The van der Waals surface area contributed by atoms with Gasteiger partial charge in [-0.3, -0.25) is 4.98 Å². The third-order valence-electron chi connectivity index (χ3n) is 3.05. The first-order valence-electron chi connectivity index (χ1n) is 6.06. The first kappa shape index (κ1) is 13.2. The van der Waals surface area contributed by atoms with Gasteiger partial charge in [0, 0.05) is 23.3 Å². The molecule has 0 spiro atoms. The normalized spacial score (nSPS) is 12.4. The lowest BCUT2D eigenvalue weighted by Crippen LogP contribution is -2.06. The van der Waals surface area contributed by atoms with Gasteiger partial charge >= 0.3 is 0 Å². The number of nitrogens with zero attached hydrogens (tertiary/aromatic N) is 1. The Kier molecular flexibility index (Phi) is 4.50. The highest BCUT2D eigenvalue weighted by Crippen LogP contribution is 2.25. The van der Waals surface area contributed by atoms with E-state index in [2.05, 4.69) is 27.8 Å². The van der Waals surface area contributed by atoms with Crippen molar-refractivity contribution in [2.75, 3.05) is 0 Å². The Balaban J connectivity index is 2.22. The van der Waals surface area contributed by atoms with E-state index in [1.54, 1.807) is 6.20 Å². The van der Waals surface area contributed by atoms with Crippen LogP contribution >= 0.6 is 15.9 Å². The van der Waals surface area contributed by atoms with Crippen molar-refractivity contribution >= 4 is 15.9 Å². The van der Waals surface area contributed by atoms with Gasteiger partial charge in [0.2, 0.25) is 0 Å². The molecule has 0 amide bonds. The van der Waals surface area contributed by atoms with Crippen LogP contribution in [0.25, 0.3) is 0 Å². The molecular weight excluding hydrogens is 290 g/mol. The molecule has 0 aliphatic heterocycles. The average molecular weight is 306 g/mol. The lowest BCUT2D eigenvalue weighted by Gasteiger charge is -2.15. The Bertz CT molecular complexity index is 527. The van der Waals surface area contributed by atoms with Crippen LogP contribution in [0.3, 0.4) is 0 Å². The fraction of sp³-hybridized carbons (Fsp3) is 0.267. The molecule has 0 aliphatic carbocycles. The number of benzene rings is 1. The van der Waals surface area contributed by atoms with Gasteiger partial charge in [-0.15, -0.1) is 0 Å². The topological polar surface area (TPSA) is 33.1 Å². The Morgan fingerprint density at radius 1 is 1.22 bits per heavy atom. The van der Waals surface area contributed by atoms with E-state index in [-0.39, 0.29) is 0 Å². The zero-order valence-corrected chi connectivity index (χ0v) is 11.9. The SMILES string of the molecule is CCc1cnccc1C(O)Cc1ccccc1Br. The van der Waals surface area contributed by atoms with E-state index < -0.39 is 6.10 Å². The quantitative estimate of drug-likeness (QED) is 0.934. The number of rotatable bonds is 4. The van der Waals surface area contributed by atoms with Gasteiger partial charge in [-0.1, -0.05) is 41.1 Å². The predicted octanol–water partition coefficient (Wildman–Crippen LogP) is 3.68. The molecule has 1 unspecified atom stereocenters. The zero-order chi connectivity index (χ0) is 13.0. The largest absolute Gasteiger partial charge is 0.388 e. The van der Waals surface area contributed by atoms with Crippen molar-refractivity contribution in [3.05, 3.63) is 63.9 Å². The molecule has 0 aliphatic rings. The van der Waals surface area contributed by atoms with Gasteiger partial charge in [-0.25, -0.2) is 0 Å². The van der Waals surface area contributed by atoms with Crippen LogP contribution in [0.2, 0.25) is 0 Å². The molecule has 1 atom stereocenters. The number of aryl methyl sites for hydroxylation is 1. The minimum atomic E-state index is -0.485. The number of pyridine rings is 1. The monoisotopic (exact) mass is 305 g/mol. The van der Waals surface area contributed by atoms with E-state index in [0.29, 0.717) is 6.42 Å². The van der Waals surface area contributed by atoms with E-state index in [9.17, 15) is 5.11 Å². The molecule has 2 aromatic rings. The van der Waals surface area contributed by atoms with E-state index >= 15 is 0 Å². The summed E-state index contributed by atoms with van der Waals surface area (Å²) in [4.78, 5) is 4.10. The highest BCUT2D eigenvalue weighted by molar-refractivity contribution is 9.10. The number of aromatic nitrogens is 1. The molecule has 3 heteroatoms. The molecule has 2 nitrogen and oxygen atoms in total. The number of hydrogen-bond donors (Lipinski definition) is 1. The summed E-state index contributed by atoms with van der Waals surface area (Å²) in [7, 11) is 0. The molecule has 18 heavy (non-hydrogen) atoms. The van der Waals surface area contributed by atoms with Gasteiger partial charge in [0.05, 0.1) is 6.10 Å². The molecule has 0 radical (unpaired) electrons. The van der Waals surface area contributed by atoms with Gasteiger partial charge in [0.25, 0.3) is 0 Å². The summed E-state index contributed by atoms with van der Waals surface area (Å²) < 4.78 is 1.04. The van der Waals surface area contributed by atoms with Gasteiger partial charge in [-0.2, -0.15) is 0 Å². The molecule has 1 aromatic carbocycles. The van der Waals surface area contributed by atoms with Crippen LogP contribution in [0, 0.1) is 0 Å². The highest BCUT2D eigenvalue weighted by Gasteiger charge is 2.13. The maximum absolute atomic E-state index is 10.4. The Labute approximate surface area is 116 Å². The third-order valence-corrected chi connectivity index (χ3v) is 3.83. The molecule has 1 heterocycles. The second-order valence-corrected chi connectivity index (χ2v) is 5.09. The Hall–Kier alpha value is -1.19. The summed E-state index contributed by atoms with van der Waals surface area (Å²) in [6.07, 6.45) is 4.58. The molecule has 0 fully saturated rings. The van der Waals surface area contributed by atoms with Crippen molar-refractivity contribution in [3.63, 3.8) is 0 Å². The summed E-state index contributed by atoms with van der Waals surface area (Å²) in [5, 5.41) is 10.4. The summed E-state index contributed by atoms with van der Waals surface area (Å²) in [6.45, 7) is 2.08. The molecule has 94 valence electrons. The molecule has 2 rings (SSSR count). The fourth-order valence-corrected chi connectivity index (χ4v) is 2.49. The average Bonchev–Trinajstić information content (AvgIpc) is 2.41. The summed E-state index contributed by atoms with van der Waals surface area (Å²) in [5.74, 6) is 0. The van der Waals surface area contributed by atoms with E-state index in [4.69, 9.17) is 0 Å². The molecule has 0 saturated heterocycles. The number of hydrogen-bond acceptors (Lipinski definition) is 2. The standard InChI is InChI=1S/C15H16BrNO/c1-2-11-10-17-8-7-13(11)15(18)9-12-5-3-4-6-14(12)16/h3-8,10,15,18H,2,9H2,1H3. The van der Waals surface area contributed by atoms with Crippen molar-refractivity contribution in [1.82, 2.24) is 4.98 Å². The van der Waals surface area contributed by atoms with Crippen LogP contribution < -0.4 is 0 Å². The van der Waals surface area contributed by atoms with Crippen molar-refractivity contribution in [2.24, 2.45) is 0 Å². The fourth-order valence-electron chi connectivity index (χ4n) is 2.04. The maximum Gasteiger partial charge on any atom is 0.0834 e. The molecule has 1 N–H and O–H groups in total. The molecule has 0 bridgehead atoms. The third kappa shape index (κ3) is 2.98. The van der Waals surface area contributed by atoms with Crippen molar-refractivity contribution in [2.45, 2.75) is 25.9 Å². The predicted molar refractivity (Wildman–Crippen MR) is 76.4 cm³/mol. The number of aliphatic hydroxyl groups is 1. The van der Waals surface area contributed by atoms with E-state index in [0.717, 1.165) is 27.6 Å². The highest BCUT2D eigenvalue weighted by atomic mass is 79.9. The van der Waals surface area contributed by atoms with Crippen LogP contribution in [0.1, 0.15) is 29.7 Å². The minimum absolute atomic E-state index is 0.485. The molecular formula is C15H16BrNO.